The van der Waals surface area contributed by atoms with Crippen molar-refractivity contribution in [2.75, 3.05) is 55.6 Å². The average Bonchev–Trinajstić information content (AvgIpc) is 3.23. The third-order valence-corrected chi connectivity index (χ3v) is 5.75. The fraction of sp³-hybridized carbons (Fsp3) is 0.684. The second-order valence-corrected chi connectivity index (χ2v) is 7.71. The highest BCUT2D eigenvalue weighted by atomic mass is 16.2. The Balaban J connectivity index is 1.37. The summed E-state index contributed by atoms with van der Waals surface area (Å²) < 4.78 is 0. The van der Waals surface area contributed by atoms with Crippen LogP contribution >= 0.6 is 0 Å². The van der Waals surface area contributed by atoms with E-state index in [1.54, 1.807) is 0 Å². The number of amides is 2. The van der Waals surface area contributed by atoms with Crippen molar-refractivity contribution in [2.24, 2.45) is 5.92 Å². The van der Waals surface area contributed by atoms with Gasteiger partial charge in [-0.3, -0.25) is 9.59 Å². The lowest BCUT2D eigenvalue weighted by molar-refractivity contribution is -0.137. The molecule has 1 atom stereocenters. The summed E-state index contributed by atoms with van der Waals surface area (Å²) in [6.45, 7) is 7.51. The third-order valence-electron chi connectivity index (χ3n) is 5.75. The number of piperidine rings is 1. The monoisotopic (exact) mass is 372 g/mol. The summed E-state index contributed by atoms with van der Waals surface area (Å²) in [7, 11) is 0. The van der Waals surface area contributed by atoms with E-state index in [-0.39, 0.29) is 17.7 Å². The van der Waals surface area contributed by atoms with Crippen LogP contribution in [0.15, 0.2) is 6.07 Å². The lowest BCUT2D eigenvalue weighted by atomic mass is 9.97. The smallest absolute Gasteiger partial charge is 0.227 e. The standard InChI is InChI=1S/C19H28N6O2/c1-14-12-16(22-19(21-14)25-6-2-3-7-25)23-8-10-24(11-9-23)18(27)15-4-5-17(26)20-13-15/h12,15H,2-11,13H2,1H3,(H,20,26). The minimum Gasteiger partial charge on any atom is -0.355 e. The molecule has 2 amide bonds. The van der Waals surface area contributed by atoms with Gasteiger partial charge in [-0.25, -0.2) is 4.98 Å². The topological polar surface area (TPSA) is 81.7 Å². The Morgan fingerprint density at radius 3 is 2.48 bits per heavy atom. The predicted octanol–water partition coefficient (Wildman–Crippen LogP) is 0.560. The molecule has 3 aliphatic rings. The summed E-state index contributed by atoms with van der Waals surface area (Å²) in [6.07, 6.45) is 3.52. The molecule has 1 unspecified atom stereocenters. The maximum Gasteiger partial charge on any atom is 0.227 e. The first kappa shape index (κ1) is 18.0. The van der Waals surface area contributed by atoms with Crippen molar-refractivity contribution >= 4 is 23.6 Å². The van der Waals surface area contributed by atoms with E-state index in [1.165, 1.54) is 12.8 Å². The molecule has 1 N–H and O–H groups in total. The molecule has 0 saturated carbocycles. The van der Waals surface area contributed by atoms with Crippen LogP contribution in [0.2, 0.25) is 0 Å². The Kier molecular flexibility index (Phi) is 5.13. The largest absolute Gasteiger partial charge is 0.355 e. The number of anilines is 2. The average molecular weight is 372 g/mol. The molecule has 0 bridgehead atoms. The van der Waals surface area contributed by atoms with Gasteiger partial charge in [0.25, 0.3) is 0 Å². The maximum atomic E-state index is 12.7. The van der Waals surface area contributed by atoms with Gasteiger partial charge >= 0.3 is 0 Å². The van der Waals surface area contributed by atoms with Crippen LogP contribution in [0, 0.1) is 12.8 Å². The molecule has 3 fully saturated rings. The first-order valence-corrected chi connectivity index (χ1v) is 10.0. The summed E-state index contributed by atoms with van der Waals surface area (Å²) in [5.41, 5.74) is 0.985. The van der Waals surface area contributed by atoms with Crippen molar-refractivity contribution in [2.45, 2.75) is 32.6 Å². The van der Waals surface area contributed by atoms with E-state index in [0.717, 1.165) is 43.6 Å². The number of nitrogens with zero attached hydrogens (tertiary/aromatic N) is 5. The highest BCUT2D eigenvalue weighted by Gasteiger charge is 2.30. The van der Waals surface area contributed by atoms with E-state index in [1.807, 2.05) is 17.9 Å². The molecule has 0 radical (unpaired) electrons. The SMILES string of the molecule is Cc1cc(N2CCN(C(=O)C3CCC(=O)NC3)CC2)nc(N2CCCC2)n1. The molecular weight excluding hydrogens is 344 g/mol. The van der Waals surface area contributed by atoms with Crippen LogP contribution in [0.3, 0.4) is 0 Å². The Hall–Kier alpha value is -2.38. The van der Waals surface area contributed by atoms with Crippen LogP contribution in [-0.4, -0.2) is 72.5 Å². The summed E-state index contributed by atoms with van der Waals surface area (Å²) in [5.74, 6) is 1.95. The van der Waals surface area contributed by atoms with Crippen LogP contribution in [0.25, 0.3) is 0 Å². The van der Waals surface area contributed by atoms with E-state index in [4.69, 9.17) is 4.98 Å². The highest BCUT2D eigenvalue weighted by molar-refractivity contribution is 5.84. The van der Waals surface area contributed by atoms with Gasteiger partial charge in [0.05, 0.1) is 5.92 Å². The number of aromatic nitrogens is 2. The Morgan fingerprint density at radius 2 is 1.81 bits per heavy atom. The molecule has 146 valence electrons. The molecule has 8 heteroatoms. The van der Waals surface area contributed by atoms with E-state index in [2.05, 4.69) is 20.1 Å². The second-order valence-electron chi connectivity index (χ2n) is 7.71. The van der Waals surface area contributed by atoms with E-state index >= 15 is 0 Å². The Labute approximate surface area is 159 Å². The number of hydrogen-bond acceptors (Lipinski definition) is 6. The zero-order valence-corrected chi connectivity index (χ0v) is 16.0. The van der Waals surface area contributed by atoms with E-state index < -0.39 is 0 Å². The predicted molar refractivity (Wildman–Crippen MR) is 103 cm³/mol. The first-order chi connectivity index (χ1) is 13.1. The summed E-state index contributed by atoms with van der Waals surface area (Å²) >= 11 is 0. The number of aryl methyl sites for hydroxylation is 1. The van der Waals surface area contributed by atoms with Gasteiger partial charge in [-0.1, -0.05) is 0 Å². The molecule has 8 nitrogen and oxygen atoms in total. The zero-order chi connectivity index (χ0) is 18.8. The summed E-state index contributed by atoms with van der Waals surface area (Å²) in [5, 5.41) is 2.81. The molecule has 1 aromatic heterocycles. The van der Waals surface area contributed by atoms with Gasteiger partial charge in [-0.2, -0.15) is 4.98 Å². The van der Waals surface area contributed by atoms with Gasteiger partial charge < -0.3 is 20.0 Å². The molecule has 27 heavy (non-hydrogen) atoms. The molecule has 3 aliphatic heterocycles. The van der Waals surface area contributed by atoms with Gasteiger partial charge in [-0.05, 0) is 26.2 Å². The van der Waals surface area contributed by atoms with Crippen molar-refractivity contribution in [3.8, 4) is 0 Å². The van der Waals surface area contributed by atoms with Crippen molar-refractivity contribution in [1.82, 2.24) is 20.2 Å². The van der Waals surface area contributed by atoms with Gasteiger partial charge in [0.15, 0.2) is 0 Å². The van der Waals surface area contributed by atoms with Crippen LogP contribution in [0.4, 0.5) is 11.8 Å². The maximum absolute atomic E-state index is 12.7. The first-order valence-electron chi connectivity index (χ1n) is 10.0. The Bertz CT molecular complexity index is 700. The van der Waals surface area contributed by atoms with Gasteiger partial charge in [-0.15, -0.1) is 0 Å². The van der Waals surface area contributed by atoms with E-state index in [0.29, 0.717) is 32.5 Å². The summed E-state index contributed by atoms with van der Waals surface area (Å²) in [4.78, 5) is 39.9. The molecule has 0 spiro atoms. The van der Waals surface area contributed by atoms with Crippen LogP contribution in [0.1, 0.15) is 31.4 Å². The fourth-order valence-electron chi connectivity index (χ4n) is 4.11. The second kappa shape index (κ2) is 7.70. The van der Waals surface area contributed by atoms with Crippen molar-refractivity contribution in [3.63, 3.8) is 0 Å². The van der Waals surface area contributed by atoms with Crippen molar-refractivity contribution < 1.29 is 9.59 Å². The van der Waals surface area contributed by atoms with Gasteiger partial charge in [0, 0.05) is 64.0 Å². The molecular formula is C19H28N6O2. The van der Waals surface area contributed by atoms with Gasteiger partial charge in [0.1, 0.15) is 5.82 Å². The zero-order valence-electron chi connectivity index (χ0n) is 16.0. The van der Waals surface area contributed by atoms with Crippen molar-refractivity contribution in [1.29, 1.82) is 0 Å². The minimum absolute atomic E-state index is 0.0526. The number of rotatable bonds is 3. The highest BCUT2D eigenvalue weighted by Crippen LogP contribution is 2.22. The normalized spacial score (nSPS) is 23.5. The molecule has 3 saturated heterocycles. The molecule has 0 aromatic carbocycles. The number of nitrogens with one attached hydrogen (secondary N) is 1. The number of carbonyl (C=O) groups is 2. The van der Waals surface area contributed by atoms with Crippen LogP contribution in [0.5, 0.6) is 0 Å². The molecule has 1 aromatic rings. The number of hydrogen-bond donors (Lipinski definition) is 1. The van der Waals surface area contributed by atoms with E-state index in [9.17, 15) is 9.59 Å². The number of piperazine rings is 1. The molecule has 4 rings (SSSR count). The Morgan fingerprint density at radius 1 is 1.07 bits per heavy atom. The third kappa shape index (κ3) is 3.99. The number of carbonyl (C=O) groups excluding carboxylic acids is 2. The fourth-order valence-corrected chi connectivity index (χ4v) is 4.11. The molecule has 4 heterocycles. The van der Waals surface area contributed by atoms with Crippen LogP contribution in [-0.2, 0) is 9.59 Å². The quantitative estimate of drug-likeness (QED) is 0.835. The lowest BCUT2D eigenvalue weighted by Crippen LogP contribution is -2.52. The minimum atomic E-state index is -0.0719. The van der Waals surface area contributed by atoms with Gasteiger partial charge in [0.2, 0.25) is 17.8 Å². The lowest BCUT2D eigenvalue weighted by Gasteiger charge is -2.37. The summed E-state index contributed by atoms with van der Waals surface area (Å²) in [6, 6.07) is 2.04. The molecule has 0 aliphatic carbocycles. The van der Waals surface area contributed by atoms with Crippen LogP contribution < -0.4 is 15.1 Å². The van der Waals surface area contributed by atoms with Crippen molar-refractivity contribution in [3.05, 3.63) is 11.8 Å².